The molecule has 3 fully saturated rings. The number of piperidine rings is 1. The largest absolute Gasteiger partial charge is 0.385 e. The summed E-state index contributed by atoms with van der Waals surface area (Å²) in [7, 11) is 1.82. The highest BCUT2D eigenvalue weighted by Crippen LogP contribution is 2.48. The van der Waals surface area contributed by atoms with Crippen molar-refractivity contribution >= 4 is 0 Å². The maximum absolute atomic E-state index is 5.22. The molecule has 3 heteroatoms. The smallest absolute Gasteiger partial charge is 0.0468 e. The molecule has 1 N–H and O–H groups in total. The first-order chi connectivity index (χ1) is 8.31. The fourth-order valence-corrected chi connectivity index (χ4v) is 3.58. The lowest BCUT2D eigenvalue weighted by atomic mass is 9.93. The van der Waals surface area contributed by atoms with Crippen LogP contribution in [0.15, 0.2) is 0 Å². The van der Waals surface area contributed by atoms with E-state index in [0.717, 1.165) is 18.6 Å². The molecule has 17 heavy (non-hydrogen) atoms. The maximum atomic E-state index is 5.22. The van der Waals surface area contributed by atoms with Crippen LogP contribution in [0.2, 0.25) is 0 Å². The van der Waals surface area contributed by atoms with Gasteiger partial charge in [0, 0.05) is 32.8 Å². The Labute approximate surface area is 105 Å². The minimum Gasteiger partial charge on any atom is -0.385 e. The van der Waals surface area contributed by atoms with E-state index >= 15 is 0 Å². The maximum Gasteiger partial charge on any atom is 0.0468 e. The topological polar surface area (TPSA) is 24.5 Å². The zero-order chi connectivity index (χ0) is 11.7. The summed E-state index contributed by atoms with van der Waals surface area (Å²) in [5.74, 6) is 0.932. The predicted octanol–water partition coefficient (Wildman–Crippen LogP) is 1.49. The molecule has 0 spiro atoms. The van der Waals surface area contributed by atoms with Crippen molar-refractivity contribution in [2.75, 3.05) is 39.9 Å². The molecule has 2 saturated heterocycles. The van der Waals surface area contributed by atoms with Gasteiger partial charge in [0.25, 0.3) is 0 Å². The van der Waals surface area contributed by atoms with Crippen LogP contribution in [0, 0.1) is 11.3 Å². The number of hydrogen-bond donors (Lipinski definition) is 1. The summed E-state index contributed by atoms with van der Waals surface area (Å²) in [6, 6.07) is 0.800. The van der Waals surface area contributed by atoms with Crippen LogP contribution >= 0.6 is 0 Å². The van der Waals surface area contributed by atoms with Crippen molar-refractivity contribution < 1.29 is 4.74 Å². The quantitative estimate of drug-likeness (QED) is 0.759. The molecule has 3 rings (SSSR count). The zero-order valence-corrected chi connectivity index (χ0v) is 11.1. The predicted molar refractivity (Wildman–Crippen MR) is 69.1 cm³/mol. The third kappa shape index (κ3) is 2.67. The molecular formula is C14H26N2O. The van der Waals surface area contributed by atoms with Crippen molar-refractivity contribution in [3.05, 3.63) is 0 Å². The summed E-state index contributed by atoms with van der Waals surface area (Å²) < 4.78 is 5.22. The van der Waals surface area contributed by atoms with Gasteiger partial charge >= 0.3 is 0 Å². The Bertz CT molecular complexity index is 265. The Morgan fingerprint density at radius 2 is 2.12 bits per heavy atom. The summed E-state index contributed by atoms with van der Waals surface area (Å²) in [6.45, 7) is 6.18. The summed E-state index contributed by atoms with van der Waals surface area (Å²) in [5, 5.41) is 3.88. The highest BCUT2D eigenvalue weighted by atomic mass is 16.5. The van der Waals surface area contributed by atoms with E-state index in [-0.39, 0.29) is 0 Å². The van der Waals surface area contributed by atoms with Gasteiger partial charge in [-0.15, -0.1) is 0 Å². The lowest BCUT2D eigenvalue weighted by Gasteiger charge is -2.32. The molecule has 3 nitrogen and oxygen atoms in total. The molecule has 1 saturated carbocycles. The van der Waals surface area contributed by atoms with Gasteiger partial charge in [0.15, 0.2) is 0 Å². The van der Waals surface area contributed by atoms with Gasteiger partial charge < -0.3 is 15.0 Å². The first kappa shape index (κ1) is 11.9. The number of rotatable bonds is 6. The Hall–Kier alpha value is -0.120. The van der Waals surface area contributed by atoms with Crippen molar-refractivity contribution in [2.24, 2.45) is 11.3 Å². The normalized spacial score (nSPS) is 38.3. The van der Waals surface area contributed by atoms with Crippen molar-refractivity contribution in [3.63, 3.8) is 0 Å². The van der Waals surface area contributed by atoms with Crippen LogP contribution in [0.5, 0.6) is 0 Å². The molecular weight excluding hydrogens is 212 g/mol. The van der Waals surface area contributed by atoms with E-state index in [1.165, 1.54) is 58.3 Å². The highest BCUT2D eigenvalue weighted by molar-refractivity contribution is 4.97. The SMILES string of the molecule is COCCC1(CNC2CCN3CCC2C3)CC1. The van der Waals surface area contributed by atoms with Gasteiger partial charge in [0.05, 0.1) is 0 Å². The Morgan fingerprint density at radius 1 is 1.29 bits per heavy atom. The van der Waals surface area contributed by atoms with Gasteiger partial charge in [-0.25, -0.2) is 0 Å². The molecule has 0 radical (unpaired) electrons. The van der Waals surface area contributed by atoms with Crippen molar-refractivity contribution in [2.45, 2.75) is 38.1 Å². The van der Waals surface area contributed by atoms with E-state index in [2.05, 4.69) is 10.2 Å². The molecule has 0 aromatic rings. The monoisotopic (exact) mass is 238 g/mol. The van der Waals surface area contributed by atoms with Crippen LogP contribution in [0.25, 0.3) is 0 Å². The van der Waals surface area contributed by atoms with E-state index in [1.807, 2.05) is 7.11 Å². The molecule has 98 valence electrons. The number of methoxy groups -OCH3 is 1. The number of nitrogens with one attached hydrogen (secondary N) is 1. The fraction of sp³-hybridized carbons (Fsp3) is 1.00. The van der Waals surface area contributed by atoms with E-state index in [0.29, 0.717) is 5.41 Å². The zero-order valence-electron chi connectivity index (χ0n) is 11.1. The minimum atomic E-state index is 0.603. The average Bonchev–Trinajstić information content (AvgIpc) is 3.03. The summed E-state index contributed by atoms with van der Waals surface area (Å²) >= 11 is 0. The molecule has 3 atom stereocenters. The third-order valence-corrected chi connectivity index (χ3v) is 5.17. The van der Waals surface area contributed by atoms with E-state index in [4.69, 9.17) is 4.74 Å². The number of ether oxygens (including phenoxy) is 1. The fourth-order valence-electron chi connectivity index (χ4n) is 3.58. The summed E-state index contributed by atoms with van der Waals surface area (Å²) in [4.78, 5) is 2.63. The Balaban J connectivity index is 1.44. The van der Waals surface area contributed by atoms with Crippen LogP contribution in [-0.2, 0) is 4.74 Å². The van der Waals surface area contributed by atoms with Crippen LogP contribution in [-0.4, -0.2) is 50.8 Å². The summed E-state index contributed by atoms with van der Waals surface area (Å²) in [5.41, 5.74) is 0.603. The minimum absolute atomic E-state index is 0.603. The highest BCUT2D eigenvalue weighted by Gasteiger charge is 2.43. The molecule has 3 unspecified atom stereocenters. The summed E-state index contributed by atoms with van der Waals surface area (Å²) in [6.07, 6.45) is 6.85. The Kier molecular flexibility index (Phi) is 3.42. The Morgan fingerprint density at radius 3 is 2.88 bits per heavy atom. The van der Waals surface area contributed by atoms with E-state index in [9.17, 15) is 0 Å². The molecule has 2 bridgehead atoms. The second-order valence-electron chi connectivity index (χ2n) is 6.37. The number of nitrogens with zero attached hydrogens (tertiary/aromatic N) is 1. The lowest BCUT2D eigenvalue weighted by molar-refractivity contribution is 0.164. The first-order valence-corrected chi connectivity index (χ1v) is 7.26. The third-order valence-electron chi connectivity index (χ3n) is 5.17. The number of hydrogen-bond acceptors (Lipinski definition) is 3. The molecule has 0 aromatic heterocycles. The lowest BCUT2D eigenvalue weighted by Crippen LogP contribution is -2.45. The second-order valence-corrected chi connectivity index (χ2v) is 6.37. The van der Waals surface area contributed by atoms with Gasteiger partial charge in [0.2, 0.25) is 0 Å². The van der Waals surface area contributed by atoms with Crippen LogP contribution in [0.1, 0.15) is 32.1 Å². The van der Waals surface area contributed by atoms with Crippen molar-refractivity contribution in [1.29, 1.82) is 0 Å². The van der Waals surface area contributed by atoms with Gasteiger partial charge in [-0.2, -0.15) is 0 Å². The van der Waals surface area contributed by atoms with E-state index < -0.39 is 0 Å². The van der Waals surface area contributed by atoms with Crippen LogP contribution < -0.4 is 5.32 Å². The molecule has 2 heterocycles. The molecule has 1 aliphatic carbocycles. The first-order valence-electron chi connectivity index (χ1n) is 7.26. The van der Waals surface area contributed by atoms with Gasteiger partial charge in [-0.1, -0.05) is 0 Å². The standard InChI is InChI=1S/C14H26N2O/c1-17-9-6-14(4-5-14)11-15-13-3-8-16-7-2-12(13)10-16/h12-13,15H,2-11H2,1H3. The van der Waals surface area contributed by atoms with Crippen molar-refractivity contribution in [3.8, 4) is 0 Å². The number of fused-ring (bicyclic) bond motifs is 2. The average molecular weight is 238 g/mol. The second kappa shape index (κ2) is 4.87. The molecule has 0 aromatic carbocycles. The van der Waals surface area contributed by atoms with Gasteiger partial charge in [-0.3, -0.25) is 0 Å². The molecule has 2 aliphatic heterocycles. The molecule has 3 aliphatic rings. The van der Waals surface area contributed by atoms with Gasteiger partial charge in [0.1, 0.15) is 0 Å². The van der Waals surface area contributed by atoms with Crippen LogP contribution in [0.3, 0.4) is 0 Å². The molecule has 0 amide bonds. The van der Waals surface area contributed by atoms with Crippen molar-refractivity contribution in [1.82, 2.24) is 10.2 Å². The van der Waals surface area contributed by atoms with Crippen LogP contribution in [0.4, 0.5) is 0 Å². The van der Waals surface area contributed by atoms with Gasteiger partial charge in [-0.05, 0) is 56.5 Å². The van der Waals surface area contributed by atoms with E-state index in [1.54, 1.807) is 0 Å².